The van der Waals surface area contributed by atoms with E-state index in [1.807, 2.05) is 30.3 Å². The van der Waals surface area contributed by atoms with Gasteiger partial charge < -0.3 is 15.2 Å². The average Bonchev–Trinajstić information content (AvgIpc) is 3.20. The maximum atomic E-state index is 11.7. The molecule has 1 atom stereocenters. The molecule has 0 bridgehead atoms. The van der Waals surface area contributed by atoms with Crippen molar-refractivity contribution < 1.29 is 14.3 Å². The van der Waals surface area contributed by atoms with Crippen molar-refractivity contribution in [1.82, 2.24) is 0 Å². The Morgan fingerprint density at radius 2 is 2.06 bits per heavy atom. The predicted molar refractivity (Wildman–Crippen MR) is 63.6 cm³/mol. The molecular formula is C13H17NO3. The van der Waals surface area contributed by atoms with Gasteiger partial charge in [-0.1, -0.05) is 18.2 Å². The zero-order valence-electron chi connectivity index (χ0n) is 9.89. The van der Waals surface area contributed by atoms with Crippen LogP contribution in [0.4, 0.5) is 0 Å². The molecule has 0 radical (unpaired) electrons. The van der Waals surface area contributed by atoms with Crippen molar-refractivity contribution in [3.05, 3.63) is 30.3 Å². The second kappa shape index (κ2) is 4.75. The second-order valence-electron chi connectivity index (χ2n) is 4.41. The number of carbonyl (C=O) groups is 1. The fourth-order valence-electron chi connectivity index (χ4n) is 1.85. The molecule has 92 valence electrons. The minimum Gasteiger partial charge on any atom is -0.491 e. The summed E-state index contributed by atoms with van der Waals surface area (Å²) >= 11 is 0. The number of nitrogens with two attached hydrogens (primary N) is 1. The first-order valence-corrected chi connectivity index (χ1v) is 5.72. The summed E-state index contributed by atoms with van der Waals surface area (Å²) in [4.78, 5) is 11.7. The summed E-state index contributed by atoms with van der Waals surface area (Å²) < 4.78 is 10.3. The lowest BCUT2D eigenvalue weighted by molar-refractivity contribution is -0.149. The summed E-state index contributed by atoms with van der Waals surface area (Å²) in [6.07, 6.45) is 1.92. The quantitative estimate of drug-likeness (QED) is 0.782. The zero-order valence-corrected chi connectivity index (χ0v) is 9.89. The largest absolute Gasteiger partial charge is 0.491 e. The van der Waals surface area contributed by atoms with E-state index in [1.54, 1.807) is 0 Å². The lowest BCUT2D eigenvalue weighted by Crippen LogP contribution is -2.55. The molecule has 0 spiro atoms. The van der Waals surface area contributed by atoms with E-state index >= 15 is 0 Å². The van der Waals surface area contributed by atoms with E-state index in [0.717, 1.165) is 12.8 Å². The van der Waals surface area contributed by atoms with Crippen molar-refractivity contribution in [1.29, 1.82) is 0 Å². The molecule has 2 rings (SSSR count). The molecule has 0 saturated heterocycles. The first-order chi connectivity index (χ1) is 8.16. The number of hydrogen-bond acceptors (Lipinski definition) is 4. The standard InChI is InChI=1S/C13H17NO3/c1-16-12(15)13(14,10-7-8-10)9-17-11-5-3-2-4-6-11/h2-6,10H,7-9,14H2,1H3. The number of rotatable bonds is 5. The molecule has 2 N–H and O–H groups in total. The van der Waals surface area contributed by atoms with Crippen LogP contribution in [-0.4, -0.2) is 25.2 Å². The lowest BCUT2D eigenvalue weighted by Gasteiger charge is -2.26. The molecule has 17 heavy (non-hydrogen) atoms. The Bertz CT molecular complexity index is 389. The third-order valence-corrected chi connectivity index (χ3v) is 3.09. The van der Waals surface area contributed by atoms with E-state index in [1.165, 1.54) is 7.11 Å². The molecule has 0 amide bonds. The van der Waals surface area contributed by atoms with Crippen LogP contribution < -0.4 is 10.5 Å². The van der Waals surface area contributed by atoms with Gasteiger partial charge in [-0.05, 0) is 30.9 Å². The third kappa shape index (κ3) is 2.58. The number of hydrogen-bond donors (Lipinski definition) is 1. The van der Waals surface area contributed by atoms with Crippen LogP contribution in [0.5, 0.6) is 5.75 Å². The molecule has 1 aromatic rings. The van der Waals surface area contributed by atoms with Crippen LogP contribution in [0.2, 0.25) is 0 Å². The van der Waals surface area contributed by atoms with Crippen molar-refractivity contribution in [2.45, 2.75) is 18.4 Å². The summed E-state index contributed by atoms with van der Waals surface area (Å²) in [5.41, 5.74) is 5.10. The van der Waals surface area contributed by atoms with Crippen molar-refractivity contribution in [3.63, 3.8) is 0 Å². The highest BCUT2D eigenvalue weighted by Gasteiger charge is 2.49. The SMILES string of the molecule is COC(=O)C(N)(COc1ccccc1)C1CC1. The van der Waals surface area contributed by atoms with E-state index in [0.29, 0.717) is 5.75 Å². The van der Waals surface area contributed by atoms with Crippen molar-refractivity contribution in [3.8, 4) is 5.75 Å². The summed E-state index contributed by atoms with van der Waals surface area (Å²) in [7, 11) is 1.36. The highest BCUT2D eigenvalue weighted by molar-refractivity contribution is 5.81. The predicted octanol–water partition coefficient (Wildman–Crippen LogP) is 1.35. The number of methoxy groups -OCH3 is 1. The molecule has 4 heteroatoms. The topological polar surface area (TPSA) is 61.5 Å². The Hall–Kier alpha value is -1.55. The molecule has 0 aliphatic heterocycles. The molecule has 1 aliphatic rings. The molecule has 0 heterocycles. The molecule has 1 saturated carbocycles. The van der Waals surface area contributed by atoms with Crippen LogP contribution >= 0.6 is 0 Å². The molecule has 1 aliphatic carbocycles. The van der Waals surface area contributed by atoms with Gasteiger partial charge >= 0.3 is 5.97 Å². The normalized spacial score (nSPS) is 18.2. The zero-order chi connectivity index (χ0) is 12.3. The lowest BCUT2D eigenvalue weighted by atomic mass is 9.96. The van der Waals surface area contributed by atoms with Crippen molar-refractivity contribution in [2.75, 3.05) is 13.7 Å². The van der Waals surface area contributed by atoms with Gasteiger partial charge in [-0.3, -0.25) is 0 Å². The van der Waals surface area contributed by atoms with Crippen LogP contribution in [0.1, 0.15) is 12.8 Å². The van der Waals surface area contributed by atoms with Gasteiger partial charge in [-0.15, -0.1) is 0 Å². The second-order valence-corrected chi connectivity index (χ2v) is 4.41. The highest BCUT2D eigenvalue weighted by atomic mass is 16.5. The van der Waals surface area contributed by atoms with Crippen LogP contribution in [0.25, 0.3) is 0 Å². The molecular weight excluding hydrogens is 218 g/mol. The average molecular weight is 235 g/mol. The highest BCUT2D eigenvalue weighted by Crippen LogP contribution is 2.39. The first-order valence-electron chi connectivity index (χ1n) is 5.72. The van der Waals surface area contributed by atoms with Crippen LogP contribution in [0.15, 0.2) is 30.3 Å². The smallest absolute Gasteiger partial charge is 0.329 e. The molecule has 1 fully saturated rings. The van der Waals surface area contributed by atoms with Gasteiger partial charge in [0.2, 0.25) is 0 Å². The van der Waals surface area contributed by atoms with E-state index in [2.05, 4.69) is 0 Å². The van der Waals surface area contributed by atoms with E-state index in [9.17, 15) is 4.79 Å². The van der Waals surface area contributed by atoms with Crippen LogP contribution in [-0.2, 0) is 9.53 Å². The first kappa shape index (κ1) is 11.9. The van der Waals surface area contributed by atoms with Crippen LogP contribution in [0, 0.1) is 5.92 Å². The summed E-state index contributed by atoms with van der Waals surface area (Å²) in [6, 6.07) is 9.34. The molecule has 4 nitrogen and oxygen atoms in total. The van der Waals surface area contributed by atoms with Crippen molar-refractivity contribution in [2.24, 2.45) is 11.7 Å². The van der Waals surface area contributed by atoms with E-state index in [4.69, 9.17) is 15.2 Å². The number of esters is 1. The Kier molecular flexibility index (Phi) is 3.33. The van der Waals surface area contributed by atoms with Gasteiger partial charge in [0.25, 0.3) is 0 Å². The fourth-order valence-corrected chi connectivity index (χ4v) is 1.85. The maximum Gasteiger partial charge on any atom is 0.329 e. The van der Waals surface area contributed by atoms with Gasteiger partial charge in [0.1, 0.15) is 12.4 Å². The summed E-state index contributed by atoms with van der Waals surface area (Å²) in [6.45, 7) is 0.161. The van der Waals surface area contributed by atoms with Gasteiger partial charge in [-0.25, -0.2) is 4.79 Å². The third-order valence-electron chi connectivity index (χ3n) is 3.09. The fraction of sp³-hybridized carbons (Fsp3) is 0.462. The summed E-state index contributed by atoms with van der Waals surface area (Å²) in [5, 5.41) is 0. The van der Waals surface area contributed by atoms with E-state index < -0.39 is 11.5 Å². The Morgan fingerprint density at radius 3 is 2.59 bits per heavy atom. The van der Waals surface area contributed by atoms with Gasteiger partial charge in [0, 0.05) is 0 Å². The van der Waals surface area contributed by atoms with E-state index in [-0.39, 0.29) is 12.5 Å². The monoisotopic (exact) mass is 235 g/mol. The number of carbonyl (C=O) groups excluding carboxylic acids is 1. The minimum absolute atomic E-state index is 0.161. The van der Waals surface area contributed by atoms with Gasteiger partial charge in [0.15, 0.2) is 5.54 Å². The minimum atomic E-state index is -1.01. The van der Waals surface area contributed by atoms with Crippen molar-refractivity contribution >= 4 is 5.97 Å². The maximum absolute atomic E-state index is 11.7. The van der Waals surface area contributed by atoms with Crippen LogP contribution in [0.3, 0.4) is 0 Å². The number of benzene rings is 1. The Balaban J connectivity index is 2.01. The molecule has 0 aromatic heterocycles. The molecule has 1 aromatic carbocycles. The molecule has 1 unspecified atom stereocenters. The van der Waals surface area contributed by atoms with Gasteiger partial charge in [0.05, 0.1) is 7.11 Å². The summed E-state index contributed by atoms with van der Waals surface area (Å²) in [5.74, 6) is 0.501. The Morgan fingerprint density at radius 1 is 1.41 bits per heavy atom. The Labute approximate surface area is 101 Å². The van der Waals surface area contributed by atoms with Gasteiger partial charge in [-0.2, -0.15) is 0 Å². The number of para-hydroxylation sites is 1. The number of ether oxygens (including phenoxy) is 2.